The predicted molar refractivity (Wildman–Crippen MR) is 96.6 cm³/mol. The first-order valence-electron chi connectivity index (χ1n) is 7.20. The maximum atomic E-state index is 12.8. The van der Waals surface area contributed by atoms with E-state index in [2.05, 4.69) is 5.32 Å². The lowest BCUT2D eigenvalue weighted by Gasteiger charge is -2.11. The van der Waals surface area contributed by atoms with Crippen molar-refractivity contribution in [3.63, 3.8) is 0 Å². The lowest BCUT2D eigenvalue weighted by molar-refractivity contribution is -0.137. The van der Waals surface area contributed by atoms with Crippen LogP contribution in [0.2, 0.25) is 0 Å². The van der Waals surface area contributed by atoms with Gasteiger partial charge in [0.05, 0.1) is 5.56 Å². The maximum absolute atomic E-state index is 12.8. The molecule has 0 radical (unpaired) electrons. The van der Waals surface area contributed by atoms with E-state index in [1.54, 1.807) is 12.1 Å². The molecule has 0 fully saturated rings. The molecule has 0 bridgehead atoms. The SMILES string of the molecule is O=C(Nc1cccc(C(F)(F)F)c1)/C(=C/c1cccs1)c1ccsc1. The van der Waals surface area contributed by atoms with E-state index in [-0.39, 0.29) is 5.69 Å². The van der Waals surface area contributed by atoms with Gasteiger partial charge in [-0.15, -0.1) is 11.3 Å². The number of nitrogens with one attached hydrogen (secondary N) is 1. The highest BCUT2D eigenvalue weighted by Crippen LogP contribution is 2.31. The van der Waals surface area contributed by atoms with Crippen LogP contribution in [0.5, 0.6) is 0 Å². The average Bonchev–Trinajstić information content (AvgIpc) is 3.25. The Balaban J connectivity index is 1.89. The summed E-state index contributed by atoms with van der Waals surface area (Å²) in [4.78, 5) is 13.5. The van der Waals surface area contributed by atoms with Gasteiger partial charge in [0, 0.05) is 16.1 Å². The highest BCUT2D eigenvalue weighted by atomic mass is 32.1. The number of hydrogen-bond donors (Lipinski definition) is 1. The highest BCUT2D eigenvalue weighted by molar-refractivity contribution is 7.11. The fraction of sp³-hybridized carbons (Fsp3) is 0.0556. The summed E-state index contributed by atoms with van der Waals surface area (Å²) >= 11 is 2.92. The molecule has 3 rings (SSSR count). The van der Waals surface area contributed by atoms with Crippen molar-refractivity contribution in [3.05, 3.63) is 74.6 Å². The Morgan fingerprint density at radius 1 is 1.08 bits per heavy atom. The second-order valence-electron chi connectivity index (χ2n) is 5.12. The summed E-state index contributed by atoms with van der Waals surface area (Å²) in [5.74, 6) is -0.453. The van der Waals surface area contributed by atoms with Crippen LogP contribution in [0.4, 0.5) is 18.9 Å². The van der Waals surface area contributed by atoms with Gasteiger partial charge in [-0.2, -0.15) is 24.5 Å². The first-order valence-corrected chi connectivity index (χ1v) is 9.02. The second-order valence-corrected chi connectivity index (χ2v) is 6.88. The Bertz CT molecular complexity index is 881. The van der Waals surface area contributed by atoms with E-state index in [9.17, 15) is 18.0 Å². The molecule has 1 amide bonds. The summed E-state index contributed by atoms with van der Waals surface area (Å²) in [7, 11) is 0. The van der Waals surface area contributed by atoms with Crippen LogP contribution >= 0.6 is 22.7 Å². The van der Waals surface area contributed by atoms with Crippen molar-refractivity contribution in [2.75, 3.05) is 5.32 Å². The molecule has 0 spiro atoms. The fourth-order valence-corrected chi connectivity index (χ4v) is 3.50. The highest BCUT2D eigenvalue weighted by Gasteiger charge is 2.30. The first-order chi connectivity index (χ1) is 11.9. The van der Waals surface area contributed by atoms with Crippen molar-refractivity contribution in [1.82, 2.24) is 0 Å². The third-order valence-electron chi connectivity index (χ3n) is 3.35. The summed E-state index contributed by atoms with van der Waals surface area (Å²) in [6, 6.07) is 10.1. The van der Waals surface area contributed by atoms with E-state index in [0.29, 0.717) is 5.57 Å². The predicted octanol–water partition coefficient (Wildman–Crippen LogP) is 6.01. The van der Waals surface area contributed by atoms with Gasteiger partial charge >= 0.3 is 6.18 Å². The number of rotatable bonds is 4. The average molecular weight is 379 g/mol. The van der Waals surface area contributed by atoms with Gasteiger partial charge in [0.25, 0.3) is 5.91 Å². The summed E-state index contributed by atoms with van der Waals surface area (Å²) in [5.41, 5.74) is 0.431. The molecule has 2 aromatic heterocycles. The van der Waals surface area contributed by atoms with E-state index in [0.717, 1.165) is 22.6 Å². The van der Waals surface area contributed by atoms with Crippen LogP contribution in [-0.4, -0.2) is 5.91 Å². The normalized spacial score (nSPS) is 12.2. The number of carbonyl (C=O) groups is 1. The Labute approximate surface area is 150 Å². The molecule has 0 saturated heterocycles. The molecule has 2 nitrogen and oxygen atoms in total. The Morgan fingerprint density at radius 3 is 2.56 bits per heavy atom. The van der Waals surface area contributed by atoms with Gasteiger partial charge in [0.2, 0.25) is 0 Å². The van der Waals surface area contributed by atoms with Crippen LogP contribution in [0.3, 0.4) is 0 Å². The van der Waals surface area contributed by atoms with Gasteiger partial charge in [-0.3, -0.25) is 4.79 Å². The largest absolute Gasteiger partial charge is 0.416 e. The molecule has 2 heterocycles. The number of hydrogen-bond acceptors (Lipinski definition) is 3. The van der Waals surface area contributed by atoms with Crippen LogP contribution in [0, 0.1) is 0 Å². The van der Waals surface area contributed by atoms with E-state index < -0.39 is 17.6 Å². The van der Waals surface area contributed by atoms with Crippen LogP contribution in [0.15, 0.2) is 58.6 Å². The van der Waals surface area contributed by atoms with Gasteiger partial charge in [-0.05, 0) is 58.1 Å². The van der Waals surface area contributed by atoms with Crippen molar-refractivity contribution in [2.45, 2.75) is 6.18 Å². The second kappa shape index (κ2) is 7.25. The molecule has 25 heavy (non-hydrogen) atoms. The van der Waals surface area contributed by atoms with E-state index in [1.165, 1.54) is 34.8 Å². The smallest absolute Gasteiger partial charge is 0.322 e. The van der Waals surface area contributed by atoms with Gasteiger partial charge in [-0.25, -0.2) is 0 Å². The van der Waals surface area contributed by atoms with Crippen molar-refractivity contribution in [1.29, 1.82) is 0 Å². The Morgan fingerprint density at radius 2 is 1.92 bits per heavy atom. The molecule has 128 valence electrons. The standard InChI is InChI=1S/C18H12F3NOS2/c19-18(20,21)13-3-1-4-14(9-13)22-17(23)16(12-6-8-24-11-12)10-15-5-2-7-25-15/h1-11H,(H,22,23)/b16-10+. The van der Waals surface area contributed by atoms with E-state index in [4.69, 9.17) is 0 Å². The first kappa shape index (κ1) is 17.4. The topological polar surface area (TPSA) is 29.1 Å². The lowest BCUT2D eigenvalue weighted by Crippen LogP contribution is -2.14. The zero-order valence-corrected chi connectivity index (χ0v) is 14.3. The number of anilines is 1. The van der Waals surface area contributed by atoms with Gasteiger partial charge in [0.15, 0.2) is 0 Å². The molecule has 0 saturated carbocycles. The molecule has 0 aliphatic heterocycles. The van der Waals surface area contributed by atoms with Crippen LogP contribution in [0.1, 0.15) is 16.0 Å². The van der Waals surface area contributed by atoms with Crippen molar-refractivity contribution >= 4 is 45.9 Å². The minimum absolute atomic E-state index is 0.104. The Hall–Kier alpha value is -2.38. The van der Waals surface area contributed by atoms with Crippen molar-refractivity contribution in [3.8, 4) is 0 Å². The maximum Gasteiger partial charge on any atom is 0.416 e. The molecular formula is C18H12F3NOS2. The third kappa shape index (κ3) is 4.37. The third-order valence-corrected chi connectivity index (χ3v) is 4.86. The Kier molecular flexibility index (Phi) is 5.06. The summed E-state index contributed by atoms with van der Waals surface area (Å²) in [5, 5.41) is 8.11. The minimum Gasteiger partial charge on any atom is -0.322 e. The van der Waals surface area contributed by atoms with E-state index in [1.807, 2.05) is 28.3 Å². The lowest BCUT2D eigenvalue weighted by atomic mass is 10.1. The number of thiophene rings is 2. The number of carbonyl (C=O) groups excluding carboxylic acids is 1. The monoisotopic (exact) mass is 379 g/mol. The van der Waals surface area contributed by atoms with Gasteiger partial charge in [0.1, 0.15) is 0 Å². The summed E-state index contributed by atoms with van der Waals surface area (Å²) < 4.78 is 38.5. The zero-order valence-electron chi connectivity index (χ0n) is 12.7. The number of halogens is 3. The fourth-order valence-electron chi connectivity index (χ4n) is 2.19. The number of amides is 1. The van der Waals surface area contributed by atoms with Gasteiger partial charge < -0.3 is 5.32 Å². The molecule has 0 aliphatic carbocycles. The molecule has 7 heteroatoms. The minimum atomic E-state index is -4.45. The summed E-state index contributed by atoms with van der Waals surface area (Å²) in [6.45, 7) is 0. The van der Waals surface area contributed by atoms with Crippen molar-refractivity contribution in [2.24, 2.45) is 0 Å². The molecule has 0 unspecified atom stereocenters. The molecule has 1 aromatic carbocycles. The summed E-state index contributed by atoms with van der Waals surface area (Å²) in [6.07, 6.45) is -2.72. The molecule has 0 atom stereocenters. The van der Waals surface area contributed by atoms with Gasteiger partial charge in [-0.1, -0.05) is 12.1 Å². The molecule has 1 N–H and O–H groups in total. The van der Waals surface area contributed by atoms with Crippen molar-refractivity contribution < 1.29 is 18.0 Å². The number of benzene rings is 1. The van der Waals surface area contributed by atoms with Crippen LogP contribution in [-0.2, 0) is 11.0 Å². The quantitative estimate of drug-likeness (QED) is 0.553. The zero-order chi connectivity index (χ0) is 17.9. The molecule has 3 aromatic rings. The molecular weight excluding hydrogens is 367 g/mol. The van der Waals surface area contributed by atoms with Crippen LogP contribution in [0.25, 0.3) is 11.6 Å². The molecule has 0 aliphatic rings. The van der Waals surface area contributed by atoms with E-state index >= 15 is 0 Å². The number of alkyl halides is 3. The van der Waals surface area contributed by atoms with Crippen LogP contribution < -0.4 is 5.32 Å².